The number of likely N-dealkylation sites (tertiary alicyclic amines) is 1. The number of aliphatic hydroxyl groups is 1. The van der Waals surface area contributed by atoms with Crippen LogP contribution in [0, 0.1) is 17.1 Å². The summed E-state index contributed by atoms with van der Waals surface area (Å²) in [6.45, 7) is 6.28. The molecule has 3 aliphatic rings. The first kappa shape index (κ1) is 20.1. The first-order valence-corrected chi connectivity index (χ1v) is 10.9. The lowest BCUT2D eigenvalue weighted by Gasteiger charge is -2.40. The lowest BCUT2D eigenvalue weighted by molar-refractivity contribution is -0.0335. The van der Waals surface area contributed by atoms with Crippen molar-refractivity contribution in [3.63, 3.8) is 0 Å². The minimum Gasteiger partial charge on any atom is -0.390 e. The van der Waals surface area contributed by atoms with Crippen molar-refractivity contribution < 1.29 is 14.2 Å². The zero-order valence-corrected chi connectivity index (χ0v) is 17.2. The lowest BCUT2D eigenvalue weighted by atomic mass is 9.86. The van der Waals surface area contributed by atoms with Crippen LogP contribution in [-0.2, 0) is 4.74 Å². The summed E-state index contributed by atoms with van der Waals surface area (Å²) >= 11 is 1.40. The second kappa shape index (κ2) is 7.92. The van der Waals surface area contributed by atoms with Crippen molar-refractivity contribution in [2.45, 2.75) is 61.2 Å². The first-order valence-electron chi connectivity index (χ1n) is 10.1. The lowest BCUT2D eigenvalue weighted by Crippen LogP contribution is -2.48. The maximum absolute atomic E-state index is 14.1. The van der Waals surface area contributed by atoms with Gasteiger partial charge in [-0.2, -0.15) is 5.26 Å². The van der Waals surface area contributed by atoms with E-state index in [1.54, 1.807) is 6.07 Å². The minimum atomic E-state index is -0.520. The van der Waals surface area contributed by atoms with Gasteiger partial charge in [0.1, 0.15) is 5.82 Å². The number of benzene rings is 1. The average Bonchev–Trinajstić information content (AvgIpc) is 3.09. The van der Waals surface area contributed by atoms with Gasteiger partial charge in [0, 0.05) is 32.2 Å². The quantitative estimate of drug-likeness (QED) is 0.780. The van der Waals surface area contributed by atoms with E-state index in [2.05, 4.69) is 15.3 Å². The van der Waals surface area contributed by atoms with Gasteiger partial charge in [-0.05, 0) is 69.2 Å². The molecule has 1 N–H and O–H groups in total. The second-order valence-electron chi connectivity index (χ2n) is 8.66. The normalized spacial score (nSPS) is 27.7. The maximum atomic E-state index is 14.1. The van der Waals surface area contributed by atoms with Crippen LogP contribution in [0.25, 0.3) is 0 Å². The fourth-order valence-corrected chi connectivity index (χ4v) is 5.52. The van der Waals surface area contributed by atoms with E-state index in [4.69, 9.17) is 10.00 Å². The number of hydrogen-bond acceptors (Lipinski definition) is 6. The van der Waals surface area contributed by atoms with Crippen LogP contribution in [0.5, 0.6) is 0 Å². The topological polar surface area (TPSA) is 59.7 Å². The molecule has 0 saturated carbocycles. The molecule has 0 bridgehead atoms. The monoisotopic (exact) mass is 405 g/mol. The van der Waals surface area contributed by atoms with Gasteiger partial charge < -0.3 is 9.84 Å². The minimum absolute atomic E-state index is 0.0608. The van der Waals surface area contributed by atoms with Gasteiger partial charge >= 0.3 is 0 Å². The molecule has 4 rings (SSSR count). The van der Waals surface area contributed by atoms with Gasteiger partial charge in [-0.25, -0.2) is 8.70 Å². The number of nitrogens with zero attached hydrogens (tertiary/aromatic N) is 3. The molecule has 7 heteroatoms. The Labute approximate surface area is 170 Å². The summed E-state index contributed by atoms with van der Waals surface area (Å²) in [5.74, 6) is -0.276. The van der Waals surface area contributed by atoms with Crippen LogP contribution in [-0.4, -0.2) is 64.3 Å². The number of rotatable bonds is 3. The Morgan fingerprint density at radius 3 is 2.61 bits per heavy atom. The number of ether oxygens (including phenoxy) is 1. The highest BCUT2D eigenvalue weighted by Crippen LogP contribution is 2.41. The van der Waals surface area contributed by atoms with Crippen LogP contribution in [0.1, 0.15) is 44.6 Å². The van der Waals surface area contributed by atoms with Gasteiger partial charge in [-0.15, -0.1) is 0 Å². The second-order valence-corrected chi connectivity index (χ2v) is 9.80. The van der Waals surface area contributed by atoms with E-state index in [-0.39, 0.29) is 11.4 Å². The van der Waals surface area contributed by atoms with Crippen molar-refractivity contribution in [1.29, 1.82) is 5.26 Å². The number of hydrogen-bond donors (Lipinski definition) is 1. The smallest absolute Gasteiger partial charge is 0.138 e. The molecule has 28 heavy (non-hydrogen) atoms. The van der Waals surface area contributed by atoms with Crippen molar-refractivity contribution in [2.75, 3.05) is 32.8 Å². The Morgan fingerprint density at radius 2 is 1.93 bits per heavy atom. The summed E-state index contributed by atoms with van der Waals surface area (Å²) in [4.78, 5) is 3.00. The number of nitriles is 1. The predicted octanol–water partition coefficient (Wildman–Crippen LogP) is 3.17. The highest BCUT2D eigenvalue weighted by Gasteiger charge is 2.45. The van der Waals surface area contributed by atoms with Gasteiger partial charge in [0.15, 0.2) is 0 Å². The molecule has 0 aliphatic carbocycles. The van der Waals surface area contributed by atoms with Crippen molar-refractivity contribution in [3.8, 4) is 6.07 Å². The Kier molecular flexibility index (Phi) is 5.69. The summed E-state index contributed by atoms with van der Waals surface area (Å²) in [5.41, 5.74) is -0.0943. The van der Waals surface area contributed by atoms with E-state index in [1.165, 1.54) is 24.1 Å². The standard InChI is InChI=1S/C21H28FN3O2S/c1-20(26)4-8-24(9-5-20)17-13-21(27-15-17)6-10-25(11-7-21)28-19-12-16(14-23)2-3-18(19)22/h2-3,12,17,26H,4-11,13,15H2,1H3. The van der Waals surface area contributed by atoms with Crippen molar-refractivity contribution in [1.82, 2.24) is 9.21 Å². The zero-order valence-electron chi connectivity index (χ0n) is 16.4. The zero-order chi connectivity index (χ0) is 19.8. The average molecular weight is 406 g/mol. The third kappa shape index (κ3) is 4.37. The molecule has 3 heterocycles. The Morgan fingerprint density at radius 1 is 1.21 bits per heavy atom. The molecule has 1 aromatic rings. The highest BCUT2D eigenvalue weighted by atomic mass is 32.2. The van der Waals surface area contributed by atoms with Crippen LogP contribution >= 0.6 is 11.9 Å². The van der Waals surface area contributed by atoms with Gasteiger partial charge in [-0.3, -0.25) is 4.90 Å². The Balaban J connectivity index is 1.30. The summed E-state index contributed by atoms with van der Waals surface area (Å²) in [7, 11) is 0. The number of halogens is 1. The molecule has 0 amide bonds. The van der Waals surface area contributed by atoms with E-state index in [0.717, 1.165) is 64.9 Å². The summed E-state index contributed by atoms with van der Waals surface area (Å²) in [5, 5.41) is 19.2. The highest BCUT2D eigenvalue weighted by molar-refractivity contribution is 7.97. The molecule has 1 spiro atoms. The third-order valence-corrected chi connectivity index (χ3v) is 7.64. The van der Waals surface area contributed by atoms with Crippen LogP contribution in [0.2, 0.25) is 0 Å². The van der Waals surface area contributed by atoms with Crippen LogP contribution in [0.4, 0.5) is 4.39 Å². The predicted molar refractivity (Wildman–Crippen MR) is 106 cm³/mol. The van der Waals surface area contributed by atoms with Crippen molar-refractivity contribution in [3.05, 3.63) is 29.6 Å². The molecule has 3 saturated heterocycles. The van der Waals surface area contributed by atoms with E-state index >= 15 is 0 Å². The van der Waals surface area contributed by atoms with Crippen molar-refractivity contribution >= 4 is 11.9 Å². The molecular weight excluding hydrogens is 377 g/mol. The van der Waals surface area contributed by atoms with Crippen LogP contribution in [0.15, 0.2) is 23.1 Å². The fourth-order valence-electron chi connectivity index (χ4n) is 4.54. The van der Waals surface area contributed by atoms with Crippen LogP contribution < -0.4 is 0 Å². The third-order valence-electron chi connectivity index (χ3n) is 6.50. The first-order chi connectivity index (χ1) is 13.4. The van der Waals surface area contributed by atoms with Crippen molar-refractivity contribution in [2.24, 2.45) is 0 Å². The molecule has 0 aromatic heterocycles. The van der Waals surface area contributed by atoms with Crippen LogP contribution in [0.3, 0.4) is 0 Å². The SMILES string of the molecule is CC1(O)CCN(C2COC3(CCN(Sc4cc(C#N)ccc4F)CC3)C2)CC1. The molecule has 3 fully saturated rings. The van der Waals surface area contributed by atoms with E-state index in [0.29, 0.717) is 16.5 Å². The summed E-state index contributed by atoms with van der Waals surface area (Å²) in [6, 6.07) is 7.02. The summed E-state index contributed by atoms with van der Waals surface area (Å²) < 4.78 is 22.5. The van der Waals surface area contributed by atoms with E-state index in [9.17, 15) is 9.50 Å². The van der Waals surface area contributed by atoms with E-state index in [1.807, 2.05) is 6.92 Å². The molecule has 0 radical (unpaired) electrons. The largest absolute Gasteiger partial charge is 0.390 e. The maximum Gasteiger partial charge on any atom is 0.138 e. The molecule has 3 aliphatic heterocycles. The van der Waals surface area contributed by atoms with Gasteiger partial charge in [0.2, 0.25) is 0 Å². The molecule has 152 valence electrons. The Bertz CT molecular complexity index is 749. The number of piperidine rings is 2. The van der Waals surface area contributed by atoms with Gasteiger partial charge in [0.25, 0.3) is 0 Å². The molecule has 1 unspecified atom stereocenters. The van der Waals surface area contributed by atoms with Gasteiger partial charge in [0.05, 0.1) is 34.3 Å². The van der Waals surface area contributed by atoms with Gasteiger partial charge in [-0.1, -0.05) is 0 Å². The molecule has 5 nitrogen and oxygen atoms in total. The fraction of sp³-hybridized carbons (Fsp3) is 0.667. The Hall–Kier alpha value is -1.17. The van der Waals surface area contributed by atoms with E-state index < -0.39 is 5.60 Å². The molecule has 1 atom stereocenters. The summed E-state index contributed by atoms with van der Waals surface area (Å²) in [6.07, 6.45) is 4.59. The molecule has 1 aromatic carbocycles. The molecular formula is C21H28FN3O2S.